The molecule has 0 saturated heterocycles. The van der Waals surface area contributed by atoms with Crippen LogP contribution in [0, 0.1) is 13.8 Å². The number of tetrazole rings is 1. The zero-order chi connectivity index (χ0) is 13.1. The summed E-state index contributed by atoms with van der Waals surface area (Å²) in [6.45, 7) is 6.49. The molecule has 1 amide bonds. The maximum Gasteiger partial charge on any atom is 0.270 e. The Morgan fingerprint density at radius 2 is 2.11 bits per heavy atom. The van der Waals surface area contributed by atoms with E-state index in [4.69, 9.17) is 0 Å². The SMILES string of the molecule is CCn1nnc(NC(=O)c2ccc(C)c(C)c2)n1. The number of anilines is 1. The average molecular weight is 245 g/mol. The van der Waals surface area contributed by atoms with Gasteiger partial charge in [-0.1, -0.05) is 11.2 Å². The summed E-state index contributed by atoms with van der Waals surface area (Å²) in [6, 6.07) is 5.54. The van der Waals surface area contributed by atoms with Crippen LogP contribution in [0.2, 0.25) is 0 Å². The zero-order valence-corrected chi connectivity index (χ0v) is 10.6. The van der Waals surface area contributed by atoms with Crippen molar-refractivity contribution in [3.05, 3.63) is 34.9 Å². The van der Waals surface area contributed by atoms with Crippen molar-refractivity contribution in [1.29, 1.82) is 0 Å². The average Bonchev–Trinajstić information content (AvgIpc) is 2.80. The molecule has 2 aromatic rings. The van der Waals surface area contributed by atoms with Crippen molar-refractivity contribution in [2.45, 2.75) is 27.3 Å². The Bertz CT molecular complexity index is 576. The van der Waals surface area contributed by atoms with E-state index in [1.54, 1.807) is 6.07 Å². The lowest BCUT2D eigenvalue weighted by Gasteiger charge is -2.04. The molecule has 0 unspecified atom stereocenters. The van der Waals surface area contributed by atoms with E-state index in [1.807, 2.05) is 32.9 Å². The second kappa shape index (κ2) is 4.95. The predicted molar refractivity (Wildman–Crippen MR) is 67.4 cm³/mol. The highest BCUT2D eigenvalue weighted by atomic mass is 16.1. The molecule has 6 nitrogen and oxygen atoms in total. The number of hydrogen-bond donors (Lipinski definition) is 1. The number of hydrogen-bond acceptors (Lipinski definition) is 4. The molecule has 6 heteroatoms. The third kappa shape index (κ3) is 2.53. The lowest BCUT2D eigenvalue weighted by molar-refractivity contribution is 0.102. The van der Waals surface area contributed by atoms with Crippen molar-refractivity contribution in [2.24, 2.45) is 0 Å². The van der Waals surface area contributed by atoms with Crippen LogP contribution in [0.1, 0.15) is 28.4 Å². The number of benzene rings is 1. The van der Waals surface area contributed by atoms with Gasteiger partial charge in [0.2, 0.25) is 0 Å². The Labute approximate surface area is 105 Å². The number of rotatable bonds is 3. The first-order chi connectivity index (χ1) is 8.60. The summed E-state index contributed by atoms with van der Waals surface area (Å²) in [5.74, 6) is -0.00571. The Kier molecular flexibility index (Phi) is 3.36. The second-order valence-electron chi connectivity index (χ2n) is 4.05. The van der Waals surface area contributed by atoms with Crippen LogP contribution in [-0.2, 0) is 6.54 Å². The summed E-state index contributed by atoms with van der Waals surface area (Å²) >= 11 is 0. The molecule has 0 aliphatic carbocycles. The lowest BCUT2D eigenvalue weighted by atomic mass is 10.1. The summed E-state index contributed by atoms with van der Waals surface area (Å²) in [7, 11) is 0. The van der Waals surface area contributed by atoms with Gasteiger partial charge in [-0.2, -0.15) is 4.80 Å². The van der Waals surface area contributed by atoms with Crippen LogP contribution < -0.4 is 5.32 Å². The third-order valence-electron chi connectivity index (χ3n) is 2.73. The fourth-order valence-corrected chi connectivity index (χ4v) is 1.48. The van der Waals surface area contributed by atoms with Gasteiger partial charge in [-0.3, -0.25) is 10.1 Å². The largest absolute Gasteiger partial charge is 0.288 e. The molecule has 0 saturated carbocycles. The van der Waals surface area contributed by atoms with Crippen molar-refractivity contribution in [2.75, 3.05) is 5.32 Å². The van der Waals surface area contributed by atoms with Crippen LogP contribution >= 0.6 is 0 Å². The smallest absolute Gasteiger partial charge is 0.270 e. The Balaban J connectivity index is 2.14. The summed E-state index contributed by atoms with van der Waals surface area (Å²) in [5, 5.41) is 14.1. The maximum atomic E-state index is 11.9. The normalized spacial score (nSPS) is 10.4. The molecule has 94 valence electrons. The molecular weight excluding hydrogens is 230 g/mol. The number of amides is 1. The van der Waals surface area contributed by atoms with Crippen molar-refractivity contribution < 1.29 is 4.79 Å². The van der Waals surface area contributed by atoms with E-state index >= 15 is 0 Å². The van der Waals surface area contributed by atoms with Gasteiger partial charge >= 0.3 is 0 Å². The second-order valence-corrected chi connectivity index (χ2v) is 4.05. The van der Waals surface area contributed by atoms with E-state index in [-0.39, 0.29) is 11.9 Å². The van der Waals surface area contributed by atoms with E-state index in [0.29, 0.717) is 12.1 Å². The molecule has 0 bridgehead atoms. The Morgan fingerprint density at radius 3 is 2.72 bits per heavy atom. The van der Waals surface area contributed by atoms with Crippen molar-refractivity contribution in [1.82, 2.24) is 20.2 Å². The quantitative estimate of drug-likeness (QED) is 0.890. The highest BCUT2D eigenvalue weighted by molar-refractivity contribution is 6.03. The first kappa shape index (κ1) is 12.2. The number of aromatic nitrogens is 4. The number of nitrogens with one attached hydrogen (secondary N) is 1. The molecule has 1 N–H and O–H groups in total. The standard InChI is InChI=1S/C12H15N5O/c1-4-17-15-12(14-16-17)13-11(18)10-6-5-8(2)9(3)7-10/h5-7H,4H2,1-3H3,(H,13,15,18). The van der Waals surface area contributed by atoms with Crippen molar-refractivity contribution in [3.63, 3.8) is 0 Å². The van der Waals surface area contributed by atoms with Crippen LogP contribution in [0.3, 0.4) is 0 Å². The molecule has 1 heterocycles. The fourth-order valence-electron chi connectivity index (χ4n) is 1.48. The molecule has 0 fully saturated rings. The van der Waals surface area contributed by atoms with Gasteiger partial charge < -0.3 is 0 Å². The van der Waals surface area contributed by atoms with Gasteiger partial charge in [0, 0.05) is 5.56 Å². The molecule has 0 atom stereocenters. The van der Waals surface area contributed by atoms with Crippen LogP contribution in [0.5, 0.6) is 0 Å². The summed E-state index contributed by atoms with van der Waals surface area (Å²) in [5.41, 5.74) is 2.82. The van der Waals surface area contributed by atoms with Gasteiger partial charge in [-0.25, -0.2) is 0 Å². The summed E-state index contributed by atoms with van der Waals surface area (Å²) in [4.78, 5) is 13.4. The van der Waals surface area contributed by atoms with E-state index in [2.05, 4.69) is 20.7 Å². The molecule has 0 aliphatic rings. The molecule has 18 heavy (non-hydrogen) atoms. The highest BCUT2D eigenvalue weighted by Crippen LogP contribution is 2.10. The first-order valence-electron chi connectivity index (χ1n) is 5.76. The van der Waals surface area contributed by atoms with E-state index in [0.717, 1.165) is 11.1 Å². The molecule has 0 aliphatic heterocycles. The number of carbonyl (C=O) groups is 1. The molecule has 0 spiro atoms. The first-order valence-corrected chi connectivity index (χ1v) is 5.76. The molecule has 0 radical (unpaired) electrons. The molecule has 2 rings (SSSR count). The topological polar surface area (TPSA) is 72.7 Å². The fraction of sp³-hybridized carbons (Fsp3) is 0.333. The van der Waals surface area contributed by atoms with Gasteiger partial charge in [0.15, 0.2) is 0 Å². The maximum absolute atomic E-state index is 11.9. The van der Waals surface area contributed by atoms with Crippen LogP contribution in [-0.4, -0.2) is 26.1 Å². The van der Waals surface area contributed by atoms with Gasteiger partial charge in [0.1, 0.15) is 0 Å². The summed E-state index contributed by atoms with van der Waals surface area (Å²) < 4.78 is 0. The minimum atomic E-state index is -0.228. The Hall–Kier alpha value is -2.24. The minimum Gasteiger partial charge on any atom is -0.288 e. The number of nitrogens with zero attached hydrogens (tertiary/aromatic N) is 4. The third-order valence-corrected chi connectivity index (χ3v) is 2.73. The van der Waals surface area contributed by atoms with Crippen LogP contribution in [0.15, 0.2) is 18.2 Å². The predicted octanol–water partition coefficient (Wildman–Crippen LogP) is 1.56. The van der Waals surface area contributed by atoms with Gasteiger partial charge in [0.25, 0.3) is 11.9 Å². The van der Waals surface area contributed by atoms with Gasteiger partial charge in [-0.15, -0.1) is 5.10 Å². The van der Waals surface area contributed by atoms with Crippen LogP contribution in [0.25, 0.3) is 0 Å². The van der Waals surface area contributed by atoms with Crippen LogP contribution in [0.4, 0.5) is 5.95 Å². The Morgan fingerprint density at radius 1 is 1.33 bits per heavy atom. The van der Waals surface area contributed by atoms with E-state index in [1.165, 1.54) is 4.80 Å². The number of aryl methyl sites for hydroxylation is 3. The monoisotopic (exact) mass is 245 g/mol. The van der Waals surface area contributed by atoms with E-state index in [9.17, 15) is 4.79 Å². The summed E-state index contributed by atoms with van der Waals surface area (Å²) in [6.07, 6.45) is 0. The number of carbonyl (C=O) groups excluding carboxylic acids is 1. The van der Waals surface area contributed by atoms with Gasteiger partial charge in [-0.05, 0) is 49.2 Å². The highest BCUT2D eigenvalue weighted by Gasteiger charge is 2.10. The van der Waals surface area contributed by atoms with E-state index < -0.39 is 0 Å². The van der Waals surface area contributed by atoms with Crippen molar-refractivity contribution in [3.8, 4) is 0 Å². The molecule has 1 aromatic carbocycles. The molecular formula is C12H15N5O. The van der Waals surface area contributed by atoms with Crippen molar-refractivity contribution >= 4 is 11.9 Å². The zero-order valence-electron chi connectivity index (χ0n) is 10.6. The lowest BCUT2D eigenvalue weighted by Crippen LogP contribution is -2.13. The van der Waals surface area contributed by atoms with Gasteiger partial charge in [0.05, 0.1) is 6.54 Å². The molecule has 1 aromatic heterocycles. The minimum absolute atomic E-state index is 0.222.